The van der Waals surface area contributed by atoms with E-state index in [1.54, 1.807) is 25.3 Å². The highest BCUT2D eigenvalue weighted by Crippen LogP contribution is 2.33. The van der Waals surface area contributed by atoms with Crippen LogP contribution in [0, 0.1) is 10.1 Å². The summed E-state index contributed by atoms with van der Waals surface area (Å²) in [6, 6.07) is 16.6. The standard InChI is InChI=1S/C26H24N2O8/c1-33-21-9-6-17(7-10-21)8-11-24(29)27-23-5-3-2-4-22(23)26(30)35-15-19-13-20(28(31)32)12-18-14-34-16-36-25(18)19/h2-7,9-10,12-13H,8,11,14-16H2,1H3,(H,27,29). The van der Waals surface area contributed by atoms with Crippen LogP contribution in [-0.2, 0) is 33.9 Å². The highest BCUT2D eigenvalue weighted by Gasteiger charge is 2.22. The fourth-order valence-electron chi connectivity index (χ4n) is 3.75. The minimum Gasteiger partial charge on any atom is -0.497 e. The first-order chi connectivity index (χ1) is 17.4. The van der Waals surface area contributed by atoms with Crippen LogP contribution >= 0.6 is 0 Å². The minimum atomic E-state index is -0.687. The Morgan fingerprint density at radius 3 is 2.64 bits per heavy atom. The molecule has 0 atom stereocenters. The van der Waals surface area contributed by atoms with E-state index in [0.717, 1.165) is 11.3 Å². The van der Waals surface area contributed by atoms with Crippen molar-refractivity contribution in [2.45, 2.75) is 26.1 Å². The number of nitrogens with zero attached hydrogens (tertiary/aromatic N) is 1. The summed E-state index contributed by atoms with van der Waals surface area (Å²) in [7, 11) is 1.59. The highest BCUT2D eigenvalue weighted by atomic mass is 16.7. The molecule has 0 fully saturated rings. The molecular formula is C26H24N2O8. The number of amides is 1. The number of rotatable bonds is 9. The summed E-state index contributed by atoms with van der Waals surface area (Å²) < 4.78 is 21.3. The fourth-order valence-corrected chi connectivity index (χ4v) is 3.75. The number of nitro benzene ring substituents is 1. The largest absolute Gasteiger partial charge is 0.497 e. The number of ether oxygens (including phenoxy) is 4. The third-order valence-electron chi connectivity index (χ3n) is 5.56. The lowest BCUT2D eigenvalue weighted by Gasteiger charge is -2.20. The van der Waals surface area contributed by atoms with Gasteiger partial charge in [0.15, 0.2) is 6.79 Å². The maximum Gasteiger partial charge on any atom is 0.340 e. The van der Waals surface area contributed by atoms with Crippen LogP contribution in [-0.4, -0.2) is 30.7 Å². The van der Waals surface area contributed by atoms with E-state index in [1.807, 2.05) is 24.3 Å². The van der Waals surface area contributed by atoms with Crippen molar-refractivity contribution in [2.75, 3.05) is 19.2 Å². The maximum atomic E-state index is 12.9. The molecule has 4 rings (SSSR count). The van der Waals surface area contributed by atoms with E-state index >= 15 is 0 Å². The van der Waals surface area contributed by atoms with Crippen LogP contribution in [0.1, 0.15) is 33.5 Å². The summed E-state index contributed by atoms with van der Waals surface area (Å²) in [5.74, 6) is 0.196. The second kappa shape index (κ2) is 11.3. The van der Waals surface area contributed by atoms with Crippen LogP contribution in [0.3, 0.4) is 0 Å². The van der Waals surface area contributed by atoms with Gasteiger partial charge in [-0.3, -0.25) is 14.9 Å². The van der Waals surface area contributed by atoms with Crippen molar-refractivity contribution in [1.29, 1.82) is 0 Å². The van der Waals surface area contributed by atoms with Crippen molar-refractivity contribution in [2.24, 2.45) is 0 Å². The van der Waals surface area contributed by atoms with E-state index in [-0.39, 0.29) is 43.6 Å². The number of nitro groups is 1. The molecule has 0 spiro atoms. The molecule has 0 unspecified atom stereocenters. The van der Waals surface area contributed by atoms with E-state index in [9.17, 15) is 19.7 Å². The Balaban J connectivity index is 1.41. The molecule has 0 aliphatic carbocycles. The lowest BCUT2D eigenvalue weighted by Crippen LogP contribution is -2.17. The van der Waals surface area contributed by atoms with Crippen LogP contribution < -0.4 is 14.8 Å². The van der Waals surface area contributed by atoms with E-state index in [0.29, 0.717) is 29.0 Å². The molecule has 1 amide bonds. The molecule has 3 aromatic carbocycles. The Bertz CT molecular complexity index is 1270. The molecule has 3 aromatic rings. The Labute approximate surface area is 206 Å². The van der Waals surface area contributed by atoms with Gasteiger partial charge in [0.2, 0.25) is 5.91 Å². The Morgan fingerprint density at radius 2 is 1.89 bits per heavy atom. The first-order valence-corrected chi connectivity index (χ1v) is 11.1. The number of para-hydroxylation sites is 1. The molecule has 0 radical (unpaired) electrons. The zero-order valence-electron chi connectivity index (χ0n) is 19.5. The number of esters is 1. The van der Waals surface area contributed by atoms with Gasteiger partial charge >= 0.3 is 5.97 Å². The van der Waals surface area contributed by atoms with Gasteiger partial charge in [-0.2, -0.15) is 0 Å². The second-order valence-corrected chi connectivity index (χ2v) is 7.98. The molecule has 36 heavy (non-hydrogen) atoms. The summed E-state index contributed by atoms with van der Waals surface area (Å²) in [6.07, 6.45) is 0.735. The molecule has 0 bridgehead atoms. The summed E-state index contributed by atoms with van der Waals surface area (Å²) in [5.41, 5.74) is 2.17. The Hall–Kier alpha value is -4.44. The number of nitrogens with one attached hydrogen (secondary N) is 1. The van der Waals surface area contributed by atoms with E-state index < -0.39 is 10.9 Å². The van der Waals surface area contributed by atoms with Crippen molar-refractivity contribution in [3.8, 4) is 11.5 Å². The SMILES string of the molecule is COc1ccc(CCC(=O)Nc2ccccc2C(=O)OCc2cc([N+](=O)[O-])cc3c2OCOC3)cc1. The normalized spacial score (nSPS) is 12.1. The van der Waals surface area contributed by atoms with Gasteiger partial charge in [0, 0.05) is 29.7 Å². The molecule has 1 heterocycles. The van der Waals surface area contributed by atoms with Crippen LogP contribution in [0.5, 0.6) is 11.5 Å². The topological polar surface area (TPSA) is 126 Å². The minimum absolute atomic E-state index is 0.00283. The summed E-state index contributed by atoms with van der Waals surface area (Å²) in [4.78, 5) is 36.2. The van der Waals surface area contributed by atoms with Gasteiger partial charge in [0.1, 0.15) is 18.1 Å². The molecule has 0 saturated carbocycles. The number of aryl methyl sites for hydroxylation is 1. The number of fused-ring (bicyclic) bond motifs is 1. The summed E-state index contributed by atoms with van der Waals surface area (Å²) >= 11 is 0. The number of non-ortho nitro benzene ring substituents is 1. The number of hydrogen-bond acceptors (Lipinski definition) is 8. The zero-order valence-corrected chi connectivity index (χ0v) is 19.5. The predicted molar refractivity (Wildman–Crippen MR) is 129 cm³/mol. The molecule has 1 aliphatic rings. The quantitative estimate of drug-likeness (QED) is 0.265. The Kier molecular flexibility index (Phi) is 7.76. The average molecular weight is 492 g/mol. The Morgan fingerprint density at radius 1 is 1.11 bits per heavy atom. The van der Waals surface area contributed by atoms with E-state index in [2.05, 4.69) is 5.32 Å². The van der Waals surface area contributed by atoms with Gasteiger partial charge in [-0.05, 0) is 36.2 Å². The van der Waals surface area contributed by atoms with Crippen molar-refractivity contribution in [3.05, 3.63) is 93.0 Å². The van der Waals surface area contributed by atoms with Crippen molar-refractivity contribution in [1.82, 2.24) is 0 Å². The average Bonchev–Trinajstić information content (AvgIpc) is 2.90. The molecule has 0 aromatic heterocycles. The van der Waals surface area contributed by atoms with E-state index in [1.165, 1.54) is 18.2 Å². The molecule has 1 N–H and O–H groups in total. The molecular weight excluding hydrogens is 468 g/mol. The van der Waals surface area contributed by atoms with Crippen LogP contribution in [0.2, 0.25) is 0 Å². The van der Waals surface area contributed by atoms with Gasteiger partial charge in [-0.15, -0.1) is 0 Å². The van der Waals surface area contributed by atoms with Crippen molar-refractivity contribution >= 4 is 23.3 Å². The monoisotopic (exact) mass is 492 g/mol. The molecule has 10 heteroatoms. The first kappa shape index (κ1) is 24.7. The lowest BCUT2D eigenvalue weighted by molar-refractivity contribution is -0.385. The zero-order chi connectivity index (χ0) is 25.5. The van der Waals surface area contributed by atoms with E-state index in [4.69, 9.17) is 18.9 Å². The third kappa shape index (κ3) is 5.97. The van der Waals surface area contributed by atoms with Gasteiger partial charge in [0.25, 0.3) is 5.69 Å². The smallest absolute Gasteiger partial charge is 0.340 e. The number of hydrogen-bond donors (Lipinski definition) is 1. The molecule has 0 saturated heterocycles. The summed E-state index contributed by atoms with van der Waals surface area (Å²) in [6.45, 7) is -0.0942. The highest BCUT2D eigenvalue weighted by molar-refractivity contribution is 6.01. The van der Waals surface area contributed by atoms with Crippen LogP contribution in [0.15, 0.2) is 60.7 Å². The fraction of sp³-hybridized carbons (Fsp3) is 0.231. The number of carbonyl (C=O) groups is 2. The second-order valence-electron chi connectivity index (χ2n) is 7.98. The number of benzene rings is 3. The first-order valence-electron chi connectivity index (χ1n) is 11.1. The van der Waals surface area contributed by atoms with Crippen LogP contribution in [0.25, 0.3) is 0 Å². The predicted octanol–water partition coefficient (Wildman–Crippen LogP) is 4.40. The molecule has 186 valence electrons. The number of anilines is 1. The molecule has 10 nitrogen and oxygen atoms in total. The van der Waals surface area contributed by atoms with Crippen LogP contribution in [0.4, 0.5) is 11.4 Å². The number of carbonyl (C=O) groups excluding carboxylic acids is 2. The van der Waals surface area contributed by atoms with Crippen molar-refractivity contribution < 1.29 is 33.5 Å². The van der Waals surface area contributed by atoms with Gasteiger partial charge in [-0.1, -0.05) is 24.3 Å². The van der Waals surface area contributed by atoms with Crippen molar-refractivity contribution in [3.63, 3.8) is 0 Å². The molecule has 1 aliphatic heterocycles. The maximum absolute atomic E-state index is 12.9. The number of methoxy groups -OCH3 is 1. The van der Waals surface area contributed by atoms with Gasteiger partial charge in [-0.25, -0.2) is 4.79 Å². The summed E-state index contributed by atoms with van der Waals surface area (Å²) in [5, 5.41) is 14.1. The third-order valence-corrected chi connectivity index (χ3v) is 5.56. The van der Waals surface area contributed by atoms with Gasteiger partial charge in [0.05, 0.1) is 29.9 Å². The van der Waals surface area contributed by atoms with Gasteiger partial charge < -0.3 is 24.3 Å². The lowest BCUT2D eigenvalue weighted by atomic mass is 10.1.